The molecule has 2 heterocycles. The van der Waals surface area contributed by atoms with Crippen molar-refractivity contribution in [1.82, 2.24) is 25.4 Å². The molecular weight excluding hydrogens is 310 g/mol. The van der Waals surface area contributed by atoms with E-state index < -0.39 is 17.7 Å². The van der Waals surface area contributed by atoms with E-state index in [1.54, 1.807) is 27.7 Å². The monoisotopic (exact) mass is 337 g/mol. The number of carbonyl (C=O) groups is 2. The van der Waals surface area contributed by atoms with Crippen LogP contribution >= 0.6 is 0 Å². The zero-order valence-electron chi connectivity index (χ0n) is 14.9. The van der Waals surface area contributed by atoms with Gasteiger partial charge in [-0.25, -0.2) is 4.79 Å². The lowest BCUT2D eigenvalue weighted by atomic mass is 10.2. The Morgan fingerprint density at radius 2 is 2.00 bits per heavy atom. The van der Waals surface area contributed by atoms with E-state index in [1.807, 2.05) is 0 Å². The Labute approximate surface area is 142 Å². The van der Waals surface area contributed by atoms with Gasteiger partial charge in [0.25, 0.3) is 0 Å². The van der Waals surface area contributed by atoms with Crippen LogP contribution in [0.1, 0.15) is 58.6 Å². The Morgan fingerprint density at radius 1 is 1.25 bits per heavy atom. The van der Waals surface area contributed by atoms with Crippen molar-refractivity contribution >= 4 is 12.0 Å². The molecule has 0 fully saturated rings. The molecule has 8 heteroatoms. The molecule has 24 heavy (non-hydrogen) atoms. The number of alkyl carbamates (subject to hydrolysis) is 1. The van der Waals surface area contributed by atoms with Crippen LogP contribution in [0.25, 0.3) is 0 Å². The Bertz CT molecular complexity index is 591. The summed E-state index contributed by atoms with van der Waals surface area (Å²) in [6.07, 6.45) is 3.73. The molecule has 1 aromatic heterocycles. The molecule has 1 aromatic rings. The van der Waals surface area contributed by atoms with Crippen LogP contribution in [0.3, 0.4) is 0 Å². The predicted molar refractivity (Wildman–Crippen MR) is 88.3 cm³/mol. The van der Waals surface area contributed by atoms with Gasteiger partial charge in [-0.3, -0.25) is 4.79 Å². The fourth-order valence-corrected chi connectivity index (χ4v) is 2.55. The van der Waals surface area contributed by atoms with Gasteiger partial charge in [0.2, 0.25) is 5.91 Å². The standard InChI is InChI=1S/C16H27N5O3/c1-11(18-15(23)24-16(2,3)4)14(22)17-10-13-20-19-12-8-6-5-7-9-21(12)13/h11H,5-10H2,1-4H3,(H,17,22)(H,18,23)/t11-/m1/s1. The fourth-order valence-electron chi connectivity index (χ4n) is 2.55. The van der Waals surface area contributed by atoms with E-state index in [0.717, 1.165) is 37.5 Å². The number of rotatable bonds is 4. The molecule has 0 aromatic carbocycles. The van der Waals surface area contributed by atoms with Gasteiger partial charge in [0.05, 0.1) is 6.54 Å². The molecule has 0 saturated heterocycles. The molecule has 1 atom stereocenters. The fraction of sp³-hybridized carbons (Fsp3) is 0.750. The molecule has 0 aliphatic carbocycles. The van der Waals surface area contributed by atoms with Gasteiger partial charge < -0.3 is 19.9 Å². The SMILES string of the molecule is C[C@@H](NC(=O)OC(C)(C)C)C(=O)NCc1nnc2n1CCCCC2. The first-order chi connectivity index (χ1) is 11.3. The molecule has 0 unspecified atom stereocenters. The van der Waals surface area contributed by atoms with E-state index in [9.17, 15) is 9.59 Å². The number of aryl methyl sites for hydroxylation is 1. The average molecular weight is 337 g/mol. The predicted octanol–water partition coefficient (Wildman–Crippen LogP) is 1.53. The molecular formula is C16H27N5O3. The van der Waals surface area contributed by atoms with E-state index in [-0.39, 0.29) is 5.91 Å². The Morgan fingerprint density at radius 3 is 2.71 bits per heavy atom. The molecule has 2 rings (SSSR count). The van der Waals surface area contributed by atoms with Crippen molar-refractivity contribution in [2.45, 2.75) is 78.1 Å². The zero-order chi connectivity index (χ0) is 17.7. The van der Waals surface area contributed by atoms with Crippen molar-refractivity contribution in [1.29, 1.82) is 0 Å². The van der Waals surface area contributed by atoms with Gasteiger partial charge in [-0.2, -0.15) is 0 Å². The number of ether oxygens (including phenoxy) is 1. The van der Waals surface area contributed by atoms with Crippen LogP contribution in [0.4, 0.5) is 4.79 Å². The van der Waals surface area contributed by atoms with Gasteiger partial charge >= 0.3 is 6.09 Å². The number of fused-ring (bicyclic) bond motifs is 1. The first-order valence-electron chi connectivity index (χ1n) is 8.44. The van der Waals surface area contributed by atoms with Gasteiger partial charge in [0, 0.05) is 13.0 Å². The number of hydrogen-bond donors (Lipinski definition) is 2. The van der Waals surface area contributed by atoms with Gasteiger partial charge in [0.1, 0.15) is 17.5 Å². The molecule has 134 valence electrons. The summed E-state index contributed by atoms with van der Waals surface area (Å²) in [5.41, 5.74) is -0.598. The maximum absolute atomic E-state index is 12.1. The normalized spacial score (nSPS) is 15.8. The summed E-state index contributed by atoms with van der Waals surface area (Å²) < 4.78 is 7.22. The van der Waals surface area contributed by atoms with Crippen molar-refractivity contribution in [3.63, 3.8) is 0 Å². The van der Waals surface area contributed by atoms with E-state index in [4.69, 9.17) is 4.74 Å². The number of amides is 2. The second-order valence-corrected chi connectivity index (χ2v) is 7.08. The Kier molecular flexibility index (Phi) is 5.80. The number of hydrogen-bond acceptors (Lipinski definition) is 5. The van der Waals surface area contributed by atoms with Crippen LogP contribution in [0.2, 0.25) is 0 Å². The van der Waals surface area contributed by atoms with Gasteiger partial charge in [-0.05, 0) is 40.5 Å². The van der Waals surface area contributed by atoms with E-state index in [2.05, 4.69) is 25.4 Å². The molecule has 2 N–H and O–H groups in total. The highest BCUT2D eigenvalue weighted by Crippen LogP contribution is 2.14. The van der Waals surface area contributed by atoms with Crippen LogP contribution in [0.5, 0.6) is 0 Å². The highest BCUT2D eigenvalue weighted by Gasteiger charge is 2.21. The maximum atomic E-state index is 12.1. The summed E-state index contributed by atoms with van der Waals surface area (Å²) in [4.78, 5) is 23.8. The smallest absolute Gasteiger partial charge is 0.408 e. The summed E-state index contributed by atoms with van der Waals surface area (Å²) in [5, 5.41) is 13.7. The highest BCUT2D eigenvalue weighted by atomic mass is 16.6. The topological polar surface area (TPSA) is 98.1 Å². The minimum Gasteiger partial charge on any atom is -0.444 e. The molecule has 0 radical (unpaired) electrons. The molecule has 1 aliphatic rings. The minimum absolute atomic E-state index is 0.285. The van der Waals surface area contributed by atoms with Crippen molar-refractivity contribution in [2.75, 3.05) is 0 Å². The first-order valence-corrected chi connectivity index (χ1v) is 8.44. The molecule has 0 saturated carbocycles. The second kappa shape index (κ2) is 7.63. The summed E-state index contributed by atoms with van der Waals surface area (Å²) in [5.74, 6) is 1.45. The third-order valence-corrected chi connectivity index (χ3v) is 3.73. The number of nitrogens with one attached hydrogen (secondary N) is 2. The average Bonchev–Trinajstić information content (AvgIpc) is 2.70. The Balaban J connectivity index is 1.84. The second-order valence-electron chi connectivity index (χ2n) is 7.08. The molecule has 1 aliphatic heterocycles. The van der Waals surface area contributed by atoms with Crippen molar-refractivity contribution in [3.8, 4) is 0 Å². The lowest BCUT2D eigenvalue weighted by Gasteiger charge is -2.21. The van der Waals surface area contributed by atoms with E-state index >= 15 is 0 Å². The van der Waals surface area contributed by atoms with E-state index in [0.29, 0.717) is 6.54 Å². The lowest BCUT2D eigenvalue weighted by Crippen LogP contribution is -2.46. The Hall–Kier alpha value is -2.12. The van der Waals surface area contributed by atoms with E-state index in [1.165, 1.54) is 6.42 Å². The molecule has 8 nitrogen and oxygen atoms in total. The van der Waals surface area contributed by atoms with Crippen LogP contribution in [-0.4, -0.2) is 38.4 Å². The van der Waals surface area contributed by atoms with Crippen molar-refractivity contribution < 1.29 is 14.3 Å². The molecule has 0 bridgehead atoms. The van der Waals surface area contributed by atoms with Crippen LogP contribution < -0.4 is 10.6 Å². The minimum atomic E-state index is -0.689. The number of nitrogens with zero attached hydrogens (tertiary/aromatic N) is 3. The third kappa shape index (κ3) is 5.21. The van der Waals surface area contributed by atoms with Crippen LogP contribution in [-0.2, 0) is 29.0 Å². The van der Waals surface area contributed by atoms with Gasteiger partial charge in [-0.15, -0.1) is 10.2 Å². The van der Waals surface area contributed by atoms with Gasteiger partial charge in [-0.1, -0.05) is 6.42 Å². The first kappa shape index (κ1) is 18.2. The van der Waals surface area contributed by atoms with Crippen molar-refractivity contribution in [2.24, 2.45) is 0 Å². The lowest BCUT2D eigenvalue weighted by molar-refractivity contribution is -0.123. The van der Waals surface area contributed by atoms with Crippen LogP contribution in [0.15, 0.2) is 0 Å². The third-order valence-electron chi connectivity index (χ3n) is 3.73. The number of carbonyl (C=O) groups excluding carboxylic acids is 2. The quantitative estimate of drug-likeness (QED) is 0.868. The van der Waals surface area contributed by atoms with Crippen molar-refractivity contribution in [3.05, 3.63) is 11.6 Å². The summed E-state index contributed by atoms with van der Waals surface area (Å²) >= 11 is 0. The molecule has 2 amide bonds. The molecule has 0 spiro atoms. The largest absolute Gasteiger partial charge is 0.444 e. The zero-order valence-corrected chi connectivity index (χ0v) is 14.9. The summed E-state index contributed by atoms with van der Waals surface area (Å²) in [6, 6.07) is -0.689. The number of aromatic nitrogens is 3. The highest BCUT2D eigenvalue weighted by molar-refractivity contribution is 5.85. The summed E-state index contributed by atoms with van der Waals surface area (Å²) in [7, 11) is 0. The maximum Gasteiger partial charge on any atom is 0.408 e. The van der Waals surface area contributed by atoms with Gasteiger partial charge in [0.15, 0.2) is 5.82 Å². The summed E-state index contributed by atoms with van der Waals surface area (Å²) in [6.45, 7) is 8.12. The van der Waals surface area contributed by atoms with Crippen LogP contribution in [0, 0.1) is 0 Å².